The Morgan fingerprint density at radius 2 is 1.43 bits per heavy atom. The lowest BCUT2D eigenvalue weighted by Crippen LogP contribution is -2.58. The number of hydrogen-bond donors (Lipinski definition) is 7. The number of nitrogens with one attached hydrogen (secondary N) is 3. The number of carboxylic acid groups (broad SMARTS) is 2. The van der Waals surface area contributed by atoms with E-state index in [4.69, 9.17) is 15.9 Å². The van der Waals surface area contributed by atoms with Crippen LogP contribution in [0.5, 0.6) is 0 Å². The van der Waals surface area contributed by atoms with Crippen LogP contribution >= 0.6 is 0 Å². The first-order chi connectivity index (χ1) is 12.9. The van der Waals surface area contributed by atoms with Gasteiger partial charge in [0.1, 0.15) is 18.1 Å². The van der Waals surface area contributed by atoms with Gasteiger partial charge < -0.3 is 37.0 Å². The van der Waals surface area contributed by atoms with Crippen molar-refractivity contribution >= 4 is 29.7 Å². The molecule has 28 heavy (non-hydrogen) atoms. The van der Waals surface area contributed by atoms with Crippen molar-refractivity contribution in [2.75, 3.05) is 6.61 Å². The van der Waals surface area contributed by atoms with Gasteiger partial charge in [0, 0.05) is 0 Å². The number of amides is 3. The Morgan fingerprint density at radius 3 is 1.86 bits per heavy atom. The normalized spacial score (nSPS) is 16.0. The van der Waals surface area contributed by atoms with Crippen LogP contribution in [0.1, 0.15) is 33.6 Å². The summed E-state index contributed by atoms with van der Waals surface area (Å²) in [4.78, 5) is 57.8. The van der Waals surface area contributed by atoms with Crippen LogP contribution in [-0.2, 0) is 24.0 Å². The molecule has 0 saturated carbocycles. The van der Waals surface area contributed by atoms with E-state index in [1.807, 2.05) is 12.2 Å². The van der Waals surface area contributed by atoms with Gasteiger partial charge in [-0.25, -0.2) is 4.79 Å². The molecule has 0 aromatic rings. The Morgan fingerprint density at radius 1 is 0.893 bits per heavy atom. The highest BCUT2D eigenvalue weighted by molar-refractivity contribution is 5.94. The Kier molecular flexibility index (Phi) is 10.7. The minimum atomic E-state index is -1.67. The van der Waals surface area contributed by atoms with Crippen molar-refractivity contribution in [1.82, 2.24) is 16.0 Å². The van der Waals surface area contributed by atoms with Gasteiger partial charge in [0.05, 0.1) is 19.1 Å². The zero-order valence-corrected chi connectivity index (χ0v) is 16.0. The molecule has 5 atom stereocenters. The molecule has 3 amide bonds. The molecule has 0 spiro atoms. The number of rotatable bonds is 12. The molecule has 0 bridgehead atoms. The van der Waals surface area contributed by atoms with E-state index in [1.54, 1.807) is 6.92 Å². The molecular formula is C16H28N4O8. The molecule has 12 nitrogen and oxygen atoms in total. The Bertz CT molecular complexity index is 597. The van der Waals surface area contributed by atoms with E-state index in [0.717, 1.165) is 0 Å². The van der Waals surface area contributed by atoms with E-state index in [9.17, 15) is 29.1 Å². The molecule has 0 saturated heterocycles. The van der Waals surface area contributed by atoms with Crippen LogP contribution in [0.2, 0.25) is 0 Å². The molecule has 5 unspecified atom stereocenters. The maximum Gasteiger partial charge on any atom is 0.326 e. The van der Waals surface area contributed by atoms with E-state index in [0.29, 0.717) is 6.42 Å². The third-order valence-corrected chi connectivity index (χ3v) is 4.12. The van der Waals surface area contributed by atoms with Gasteiger partial charge >= 0.3 is 11.9 Å². The van der Waals surface area contributed by atoms with Gasteiger partial charge in [0.15, 0.2) is 0 Å². The fourth-order valence-corrected chi connectivity index (χ4v) is 2.03. The maximum atomic E-state index is 12.2. The fraction of sp³-hybridized carbons (Fsp3) is 0.688. The first kappa shape index (κ1) is 25.3. The second kappa shape index (κ2) is 11.9. The summed E-state index contributed by atoms with van der Waals surface area (Å²) in [5.41, 5.74) is 5.75. The zero-order chi connectivity index (χ0) is 22.0. The van der Waals surface area contributed by atoms with Crippen LogP contribution in [0, 0.1) is 5.92 Å². The second-order valence-corrected chi connectivity index (χ2v) is 6.38. The number of carbonyl (C=O) groups excluding carboxylic acids is 3. The standard InChI is InChI=1S/C16H28N4O8/c1-4-7(2)12(17)15(26)20-10(6-21)14(25)18-8(3)13(24)19-9(16(27)28)5-11(22)23/h7-10,12,21H,4-6,17H2,1-3H3,(H,18,25)(H,19,24)(H,20,26)(H,22,23)(H,27,28). The SMILES string of the molecule is CCC(C)C(N)C(=O)NC(CO)C(=O)NC(C)C(=O)NC(CC(=O)O)C(=O)O. The van der Waals surface area contributed by atoms with Gasteiger partial charge in [-0.15, -0.1) is 0 Å². The number of aliphatic carboxylic acids is 2. The molecule has 0 aliphatic heterocycles. The number of hydrogen-bond acceptors (Lipinski definition) is 7. The summed E-state index contributed by atoms with van der Waals surface area (Å²) in [5.74, 6) is -5.61. The van der Waals surface area contributed by atoms with Gasteiger partial charge in [-0.05, 0) is 12.8 Å². The van der Waals surface area contributed by atoms with E-state index >= 15 is 0 Å². The molecule has 160 valence electrons. The number of carboxylic acids is 2. The summed E-state index contributed by atoms with van der Waals surface area (Å²) < 4.78 is 0. The second-order valence-electron chi connectivity index (χ2n) is 6.38. The van der Waals surface area contributed by atoms with Crippen molar-refractivity contribution in [3.8, 4) is 0 Å². The van der Waals surface area contributed by atoms with Crippen LogP contribution in [0.4, 0.5) is 0 Å². The summed E-state index contributed by atoms with van der Waals surface area (Å²) in [7, 11) is 0. The molecule has 0 rings (SSSR count). The molecule has 0 heterocycles. The van der Waals surface area contributed by atoms with Crippen molar-refractivity contribution in [1.29, 1.82) is 0 Å². The number of aliphatic hydroxyl groups is 1. The Balaban J connectivity index is 4.86. The molecule has 0 aromatic heterocycles. The highest BCUT2D eigenvalue weighted by atomic mass is 16.4. The molecule has 0 aliphatic rings. The lowest BCUT2D eigenvalue weighted by molar-refractivity contribution is -0.147. The highest BCUT2D eigenvalue weighted by Gasteiger charge is 2.29. The molecular weight excluding hydrogens is 376 g/mol. The third kappa shape index (κ3) is 8.31. The van der Waals surface area contributed by atoms with Crippen molar-refractivity contribution in [3.05, 3.63) is 0 Å². The van der Waals surface area contributed by atoms with Crippen molar-refractivity contribution < 1.29 is 39.3 Å². The molecule has 12 heteroatoms. The van der Waals surface area contributed by atoms with Gasteiger partial charge in [0.25, 0.3) is 0 Å². The Labute approximate surface area is 161 Å². The predicted octanol–water partition coefficient (Wildman–Crippen LogP) is -2.61. The number of nitrogens with two attached hydrogens (primary N) is 1. The molecule has 0 fully saturated rings. The summed E-state index contributed by atoms with van der Waals surface area (Å²) in [6, 6.07) is -5.18. The number of carbonyl (C=O) groups is 5. The summed E-state index contributed by atoms with van der Waals surface area (Å²) in [6.45, 7) is 4.06. The third-order valence-electron chi connectivity index (χ3n) is 4.12. The first-order valence-corrected chi connectivity index (χ1v) is 8.66. The highest BCUT2D eigenvalue weighted by Crippen LogP contribution is 2.05. The Hall–Kier alpha value is -2.73. The minimum absolute atomic E-state index is 0.158. The van der Waals surface area contributed by atoms with Crippen LogP contribution in [0.3, 0.4) is 0 Å². The monoisotopic (exact) mass is 404 g/mol. The fourth-order valence-electron chi connectivity index (χ4n) is 2.03. The lowest BCUT2D eigenvalue weighted by atomic mass is 9.99. The van der Waals surface area contributed by atoms with Gasteiger partial charge in [0.2, 0.25) is 17.7 Å². The van der Waals surface area contributed by atoms with Crippen molar-refractivity contribution in [2.45, 2.75) is 57.8 Å². The van der Waals surface area contributed by atoms with Crippen LogP contribution in [-0.4, -0.2) is 75.8 Å². The lowest BCUT2D eigenvalue weighted by Gasteiger charge is -2.23. The quantitative estimate of drug-likeness (QED) is 0.181. The van der Waals surface area contributed by atoms with Crippen LogP contribution in [0.25, 0.3) is 0 Å². The van der Waals surface area contributed by atoms with Crippen LogP contribution < -0.4 is 21.7 Å². The predicted molar refractivity (Wildman–Crippen MR) is 95.9 cm³/mol. The average Bonchev–Trinajstić information content (AvgIpc) is 2.62. The summed E-state index contributed by atoms with van der Waals surface area (Å²) in [6.07, 6.45) is -0.215. The number of aliphatic hydroxyl groups excluding tert-OH is 1. The van der Waals surface area contributed by atoms with E-state index in [-0.39, 0.29) is 5.92 Å². The van der Waals surface area contributed by atoms with E-state index in [1.165, 1.54) is 6.92 Å². The summed E-state index contributed by atoms with van der Waals surface area (Å²) in [5, 5.41) is 33.4. The van der Waals surface area contributed by atoms with Crippen molar-refractivity contribution in [2.24, 2.45) is 11.7 Å². The van der Waals surface area contributed by atoms with Gasteiger partial charge in [-0.3, -0.25) is 19.2 Å². The topological polar surface area (TPSA) is 208 Å². The van der Waals surface area contributed by atoms with Gasteiger partial charge in [-0.2, -0.15) is 0 Å². The van der Waals surface area contributed by atoms with Crippen LogP contribution in [0.15, 0.2) is 0 Å². The molecule has 0 aliphatic carbocycles. The molecule has 8 N–H and O–H groups in total. The molecule has 0 radical (unpaired) electrons. The van der Waals surface area contributed by atoms with Gasteiger partial charge in [-0.1, -0.05) is 20.3 Å². The van der Waals surface area contributed by atoms with E-state index in [2.05, 4.69) is 10.6 Å². The first-order valence-electron chi connectivity index (χ1n) is 8.66. The average molecular weight is 404 g/mol. The van der Waals surface area contributed by atoms with Crippen molar-refractivity contribution in [3.63, 3.8) is 0 Å². The van der Waals surface area contributed by atoms with E-state index < -0.39 is 66.9 Å². The minimum Gasteiger partial charge on any atom is -0.481 e. The zero-order valence-electron chi connectivity index (χ0n) is 16.0. The summed E-state index contributed by atoms with van der Waals surface area (Å²) >= 11 is 0. The molecule has 0 aromatic carbocycles. The maximum absolute atomic E-state index is 12.2. The largest absolute Gasteiger partial charge is 0.481 e. The smallest absolute Gasteiger partial charge is 0.326 e.